The third kappa shape index (κ3) is 2.27. The van der Waals surface area contributed by atoms with Gasteiger partial charge in [-0.2, -0.15) is 23.4 Å². The van der Waals surface area contributed by atoms with E-state index in [2.05, 4.69) is 20.3 Å². The smallest absolute Gasteiger partial charge is 0.285 e. The van der Waals surface area contributed by atoms with E-state index in [0.29, 0.717) is 5.56 Å². The fourth-order valence-electron chi connectivity index (χ4n) is 1.74. The molecule has 0 amide bonds. The van der Waals surface area contributed by atoms with E-state index in [-0.39, 0.29) is 5.82 Å². The minimum atomic E-state index is -4.53. The van der Waals surface area contributed by atoms with Gasteiger partial charge in [0.15, 0.2) is 5.82 Å². The Kier molecular flexibility index (Phi) is 2.78. The molecule has 0 saturated heterocycles. The SMILES string of the molecule is FC(F)(F)c1nc(-c2ccc(-c3cn[nH]c3)cc2)n[nH]1. The van der Waals surface area contributed by atoms with Crippen molar-refractivity contribution in [3.8, 4) is 22.5 Å². The zero-order chi connectivity index (χ0) is 14.2. The Morgan fingerprint density at radius 3 is 2.20 bits per heavy atom. The zero-order valence-corrected chi connectivity index (χ0v) is 9.94. The first kappa shape index (κ1) is 12.4. The highest BCUT2D eigenvalue weighted by Crippen LogP contribution is 2.28. The second-order valence-corrected chi connectivity index (χ2v) is 4.07. The average molecular weight is 279 g/mol. The molecule has 0 aliphatic heterocycles. The van der Waals surface area contributed by atoms with Crippen LogP contribution in [-0.2, 0) is 6.18 Å². The van der Waals surface area contributed by atoms with Crippen molar-refractivity contribution in [2.24, 2.45) is 0 Å². The Labute approximate surface area is 110 Å². The molecule has 0 spiro atoms. The fraction of sp³-hybridized carbons (Fsp3) is 0.0833. The molecule has 5 nitrogen and oxygen atoms in total. The van der Waals surface area contributed by atoms with Gasteiger partial charge in [-0.05, 0) is 5.56 Å². The average Bonchev–Trinajstić information content (AvgIpc) is 3.10. The van der Waals surface area contributed by atoms with Gasteiger partial charge in [-0.1, -0.05) is 24.3 Å². The highest BCUT2D eigenvalue weighted by Gasteiger charge is 2.35. The normalized spacial score (nSPS) is 11.8. The summed E-state index contributed by atoms with van der Waals surface area (Å²) in [5.41, 5.74) is 2.29. The van der Waals surface area contributed by atoms with Crippen molar-refractivity contribution < 1.29 is 13.2 Å². The monoisotopic (exact) mass is 279 g/mol. The number of rotatable bonds is 2. The van der Waals surface area contributed by atoms with Gasteiger partial charge in [0.1, 0.15) is 0 Å². The number of nitrogens with one attached hydrogen (secondary N) is 2. The largest absolute Gasteiger partial charge is 0.451 e. The van der Waals surface area contributed by atoms with Crippen molar-refractivity contribution in [1.29, 1.82) is 0 Å². The van der Waals surface area contributed by atoms with E-state index in [1.165, 1.54) is 0 Å². The molecule has 2 aromatic heterocycles. The van der Waals surface area contributed by atoms with Gasteiger partial charge >= 0.3 is 6.18 Å². The van der Waals surface area contributed by atoms with Crippen LogP contribution in [0.15, 0.2) is 36.7 Å². The summed E-state index contributed by atoms with van der Waals surface area (Å²) in [6, 6.07) is 6.85. The molecule has 2 N–H and O–H groups in total. The molecule has 0 radical (unpaired) electrons. The van der Waals surface area contributed by atoms with E-state index in [9.17, 15) is 13.2 Å². The molecule has 0 bridgehead atoms. The van der Waals surface area contributed by atoms with Crippen LogP contribution in [0.4, 0.5) is 13.2 Å². The maximum absolute atomic E-state index is 12.4. The number of hydrogen-bond acceptors (Lipinski definition) is 3. The molecule has 1 aromatic carbocycles. The summed E-state index contributed by atoms with van der Waals surface area (Å²) in [5, 5.41) is 12.0. The summed E-state index contributed by atoms with van der Waals surface area (Å²) in [7, 11) is 0. The van der Waals surface area contributed by atoms with E-state index in [1.807, 2.05) is 5.10 Å². The van der Waals surface area contributed by atoms with Gasteiger partial charge in [0.05, 0.1) is 6.20 Å². The van der Waals surface area contributed by atoms with Crippen molar-refractivity contribution in [3.63, 3.8) is 0 Å². The Morgan fingerprint density at radius 1 is 0.950 bits per heavy atom. The highest BCUT2D eigenvalue weighted by molar-refractivity contribution is 5.66. The molecular formula is C12H8F3N5. The Hall–Kier alpha value is -2.64. The lowest BCUT2D eigenvalue weighted by Crippen LogP contribution is -2.07. The third-order valence-corrected chi connectivity index (χ3v) is 2.73. The van der Waals surface area contributed by atoms with Gasteiger partial charge in [-0.15, -0.1) is 0 Å². The number of hydrogen-bond donors (Lipinski definition) is 2. The standard InChI is InChI=1S/C12H8F3N5/c13-12(14,15)11-18-10(19-20-11)8-3-1-7(2-4-8)9-5-16-17-6-9/h1-6H,(H,16,17)(H,18,19,20). The van der Waals surface area contributed by atoms with Gasteiger partial charge < -0.3 is 0 Å². The van der Waals surface area contributed by atoms with Crippen LogP contribution >= 0.6 is 0 Å². The van der Waals surface area contributed by atoms with Gasteiger partial charge in [0, 0.05) is 17.3 Å². The van der Waals surface area contributed by atoms with Crippen LogP contribution in [0, 0.1) is 0 Å². The third-order valence-electron chi connectivity index (χ3n) is 2.73. The lowest BCUT2D eigenvalue weighted by Gasteiger charge is -2.00. The van der Waals surface area contributed by atoms with Gasteiger partial charge in [-0.25, -0.2) is 4.98 Å². The Morgan fingerprint density at radius 2 is 1.65 bits per heavy atom. The van der Waals surface area contributed by atoms with Gasteiger partial charge in [0.2, 0.25) is 5.82 Å². The number of benzene rings is 1. The molecule has 3 aromatic rings. The summed E-state index contributed by atoms with van der Waals surface area (Å²) < 4.78 is 37.3. The summed E-state index contributed by atoms with van der Waals surface area (Å²) >= 11 is 0. The minimum absolute atomic E-state index is 0.0102. The van der Waals surface area contributed by atoms with Crippen LogP contribution in [0.1, 0.15) is 5.82 Å². The van der Waals surface area contributed by atoms with Crippen LogP contribution in [0.5, 0.6) is 0 Å². The molecule has 0 fully saturated rings. The number of nitrogens with zero attached hydrogens (tertiary/aromatic N) is 3. The predicted octanol–water partition coefficient (Wildman–Crippen LogP) is 2.88. The minimum Gasteiger partial charge on any atom is -0.285 e. The summed E-state index contributed by atoms with van der Waals surface area (Å²) in [6.07, 6.45) is -1.14. The fourth-order valence-corrected chi connectivity index (χ4v) is 1.74. The van der Waals surface area contributed by atoms with Crippen LogP contribution in [0.25, 0.3) is 22.5 Å². The zero-order valence-electron chi connectivity index (χ0n) is 9.94. The summed E-state index contributed by atoms with van der Waals surface area (Å²) in [6.45, 7) is 0. The first-order valence-electron chi connectivity index (χ1n) is 5.63. The first-order chi connectivity index (χ1) is 9.54. The number of H-pyrrole nitrogens is 2. The van der Waals surface area contributed by atoms with E-state index in [1.54, 1.807) is 36.7 Å². The van der Waals surface area contributed by atoms with E-state index in [4.69, 9.17) is 0 Å². The van der Waals surface area contributed by atoms with Crippen molar-refractivity contribution >= 4 is 0 Å². The summed E-state index contributed by atoms with van der Waals surface area (Å²) in [4.78, 5) is 3.43. The van der Waals surface area contributed by atoms with Crippen molar-refractivity contribution in [2.75, 3.05) is 0 Å². The van der Waals surface area contributed by atoms with Crippen LogP contribution < -0.4 is 0 Å². The van der Waals surface area contributed by atoms with E-state index >= 15 is 0 Å². The van der Waals surface area contributed by atoms with Crippen molar-refractivity contribution in [2.45, 2.75) is 6.18 Å². The molecule has 102 valence electrons. The molecule has 8 heteroatoms. The topological polar surface area (TPSA) is 70.2 Å². The second-order valence-electron chi connectivity index (χ2n) is 4.07. The number of alkyl halides is 3. The number of aromatic nitrogens is 5. The maximum Gasteiger partial charge on any atom is 0.451 e. The Bertz CT molecular complexity index is 698. The van der Waals surface area contributed by atoms with Crippen LogP contribution in [0.2, 0.25) is 0 Å². The number of aromatic amines is 2. The predicted molar refractivity (Wildman–Crippen MR) is 64.4 cm³/mol. The molecule has 0 aliphatic rings. The first-order valence-corrected chi connectivity index (χ1v) is 5.63. The molecule has 0 atom stereocenters. The van der Waals surface area contributed by atoms with E-state index < -0.39 is 12.0 Å². The molecule has 3 rings (SSSR count). The summed E-state index contributed by atoms with van der Waals surface area (Å²) in [5.74, 6) is -1.09. The van der Waals surface area contributed by atoms with Crippen LogP contribution in [-0.4, -0.2) is 25.4 Å². The lowest BCUT2D eigenvalue weighted by molar-refractivity contribution is -0.144. The molecule has 2 heterocycles. The molecule has 0 saturated carbocycles. The van der Waals surface area contributed by atoms with Gasteiger partial charge in [-0.3, -0.25) is 10.2 Å². The van der Waals surface area contributed by atoms with Crippen LogP contribution in [0.3, 0.4) is 0 Å². The second kappa shape index (κ2) is 4.48. The number of halogens is 3. The van der Waals surface area contributed by atoms with Gasteiger partial charge in [0.25, 0.3) is 0 Å². The molecule has 0 unspecified atom stereocenters. The molecule has 20 heavy (non-hydrogen) atoms. The molecular weight excluding hydrogens is 271 g/mol. The van der Waals surface area contributed by atoms with E-state index in [0.717, 1.165) is 11.1 Å². The Balaban J connectivity index is 1.90. The molecule has 0 aliphatic carbocycles. The maximum atomic E-state index is 12.4. The lowest BCUT2D eigenvalue weighted by atomic mass is 10.1. The van der Waals surface area contributed by atoms with Crippen molar-refractivity contribution in [1.82, 2.24) is 25.4 Å². The highest BCUT2D eigenvalue weighted by atomic mass is 19.4. The van der Waals surface area contributed by atoms with Crippen molar-refractivity contribution in [3.05, 3.63) is 42.5 Å². The quantitative estimate of drug-likeness (QED) is 0.757.